The lowest BCUT2D eigenvalue weighted by Gasteiger charge is -2.04. The summed E-state index contributed by atoms with van der Waals surface area (Å²) < 4.78 is 0. The van der Waals surface area contributed by atoms with E-state index in [0.29, 0.717) is 11.5 Å². The first kappa shape index (κ1) is 13.4. The summed E-state index contributed by atoms with van der Waals surface area (Å²) in [7, 11) is 3.49. The normalized spacial score (nSPS) is 13.7. The van der Waals surface area contributed by atoms with Crippen molar-refractivity contribution in [2.75, 3.05) is 14.1 Å². The topological polar surface area (TPSA) is 69.5 Å². The molecule has 0 aliphatic heterocycles. The van der Waals surface area contributed by atoms with E-state index in [1.165, 1.54) is 0 Å². The van der Waals surface area contributed by atoms with Gasteiger partial charge in [0.1, 0.15) is 12.1 Å². The molecule has 15 heavy (non-hydrogen) atoms. The monoisotopic (exact) mass is 210 g/mol. The van der Waals surface area contributed by atoms with Crippen molar-refractivity contribution < 1.29 is 4.84 Å². The molecule has 0 saturated carbocycles. The molecule has 0 saturated heterocycles. The van der Waals surface area contributed by atoms with Crippen LogP contribution in [0.5, 0.6) is 0 Å². The Morgan fingerprint density at radius 3 is 2.47 bits per heavy atom. The quantitative estimate of drug-likeness (QED) is 0.267. The zero-order valence-electron chi connectivity index (χ0n) is 9.59. The van der Waals surface area contributed by atoms with E-state index in [-0.39, 0.29) is 0 Å². The maximum atomic E-state index is 6.96. The number of rotatable bonds is 6. The molecule has 0 spiro atoms. The van der Waals surface area contributed by atoms with Crippen molar-refractivity contribution in [2.24, 2.45) is 4.99 Å². The Labute approximate surface area is 90.4 Å². The number of nitrogens with zero attached hydrogens (tertiary/aromatic N) is 1. The first-order valence-corrected chi connectivity index (χ1v) is 4.58. The summed E-state index contributed by atoms with van der Waals surface area (Å²) in [5, 5.41) is 9.87. The lowest BCUT2D eigenvalue weighted by molar-refractivity contribution is 0.128. The SMILES string of the molecule is CN/C=C(C)/C(/C=C(\C)ONC)=N\C=N. The van der Waals surface area contributed by atoms with E-state index in [1.807, 2.05) is 27.1 Å². The summed E-state index contributed by atoms with van der Waals surface area (Å²) in [4.78, 5) is 8.99. The van der Waals surface area contributed by atoms with Gasteiger partial charge in [0.25, 0.3) is 0 Å². The van der Waals surface area contributed by atoms with Gasteiger partial charge in [-0.25, -0.2) is 4.99 Å². The van der Waals surface area contributed by atoms with Gasteiger partial charge in [-0.1, -0.05) is 0 Å². The molecule has 0 rings (SSSR count). The largest absolute Gasteiger partial charge is 0.414 e. The van der Waals surface area contributed by atoms with Crippen molar-refractivity contribution in [2.45, 2.75) is 13.8 Å². The van der Waals surface area contributed by atoms with Gasteiger partial charge in [0.2, 0.25) is 0 Å². The third kappa shape index (κ3) is 5.64. The fraction of sp³-hybridized carbons (Fsp3) is 0.400. The van der Waals surface area contributed by atoms with Crippen molar-refractivity contribution in [3.05, 3.63) is 23.6 Å². The molecule has 0 radical (unpaired) electrons. The van der Waals surface area contributed by atoms with Crippen molar-refractivity contribution in [3.63, 3.8) is 0 Å². The lowest BCUT2D eigenvalue weighted by Crippen LogP contribution is -2.08. The molecule has 5 heteroatoms. The molecule has 0 aromatic carbocycles. The molecule has 0 unspecified atom stereocenters. The predicted molar refractivity (Wildman–Crippen MR) is 62.9 cm³/mol. The van der Waals surface area contributed by atoms with Gasteiger partial charge in [-0.05, 0) is 19.4 Å². The number of aliphatic imine (C=N–C) groups is 1. The molecule has 3 N–H and O–H groups in total. The standard InChI is InChI=1S/C10H18N4O/c1-8(6-12-3)10(14-7-11)5-9(2)15-13-4/h5-7,11-13H,1-4H3/b8-6+,9-5+,11-7?,14-10-. The minimum Gasteiger partial charge on any atom is -0.414 e. The molecule has 0 aliphatic rings. The van der Waals surface area contributed by atoms with Crippen LogP contribution in [0.2, 0.25) is 0 Å². The van der Waals surface area contributed by atoms with Crippen LogP contribution >= 0.6 is 0 Å². The van der Waals surface area contributed by atoms with Crippen LogP contribution in [0.4, 0.5) is 0 Å². The first-order chi connectivity index (χ1) is 7.15. The molecule has 0 amide bonds. The molecule has 0 bridgehead atoms. The highest BCUT2D eigenvalue weighted by molar-refractivity contribution is 6.10. The van der Waals surface area contributed by atoms with Crippen molar-refractivity contribution >= 4 is 12.1 Å². The number of allylic oxidation sites excluding steroid dienone is 3. The highest BCUT2D eigenvalue weighted by atomic mass is 16.6. The number of hydrogen-bond acceptors (Lipinski definition) is 4. The second kappa shape index (κ2) is 7.75. The summed E-state index contributed by atoms with van der Waals surface area (Å²) in [5.41, 5.74) is 4.19. The molecule has 0 heterocycles. The zero-order valence-corrected chi connectivity index (χ0v) is 9.59. The number of hydrogen-bond donors (Lipinski definition) is 3. The highest BCUT2D eigenvalue weighted by Gasteiger charge is 1.99. The average Bonchev–Trinajstić information content (AvgIpc) is 2.18. The molecule has 0 aromatic heterocycles. The van der Waals surface area contributed by atoms with Crippen LogP contribution in [-0.4, -0.2) is 26.1 Å². The van der Waals surface area contributed by atoms with Gasteiger partial charge in [-0.2, -0.15) is 5.48 Å². The summed E-state index contributed by atoms with van der Waals surface area (Å²) in [6.45, 7) is 3.71. The summed E-state index contributed by atoms with van der Waals surface area (Å²) in [6.07, 6.45) is 4.57. The smallest absolute Gasteiger partial charge is 0.123 e. The number of hydroxylamine groups is 1. The summed E-state index contributed by atoms with van der Waals surface area (Å²) in [6, 6.07) is 0. The van der Waals surface area contributed by atoms with Gasteiger partial charge in [-0.3, -0.25) is 5.41 Å². The van der Waals surface area contributed by atoms with Crippen LogP contribution in [0.3, 0.4) is 0 Å². The maximum Gasteiger partial charge on any atom is 0.123 e. The number of nitrogens with one attached hydrogen (secondary N) is 3. The van der Waals surface area contributed by atoms with Crippen LogP contribution in [-0.2, 0) is 4.84 Å². The molecule has 0 aliphatic carbocycles. The van der Waals surface area contributed by atoms with Crippen molar-refractivity contribution in [1.82, 2.24) is 10.8 Å². The fourth-order valence-electron chi connectivity index (χ4n) is 0.996. The lowest BCUT2D eigenvalue weighted by atomic mass is 10.2. The van der Waals surface area contributed by atoms with E-state index < -0.39 is 0 Å². The van der Waals surface area contributed by atoms with E-state index in [1.54, 1.807) is 13.1 Å². The van der Waals surface area contributed by atoms with Gasteiger partial charge in [0.05, 0.1) is 5.71 Å². The zero-order chi connectivity index (χ0) is 11.7. The van der Waals surface area contributed by atoms with Gasteiger partial charge in [0.15, 0.2) is 0 Å². The third-order valence-electron chi connectivity index (χ3n) is 1.57. The highest BCUT2D eigenvalue weighted by Crippen LogP contribution is 2.02. The Bertz CT molecular complexity index is 292. The van der Waals surface area contributed by atoms with E-state index in [9.17, 15) is 0 Å². The second-order valence-electron chi connectivity index (χ2n) is 2.82. The van der Waals surface area contributed by atoms with Crippen LogP contribution in [0.15, 0.2) is 28.6 Å². The van der Waals surface area contributed by atoms with Crippen molar-refractivity contribution in [3.8, 4) is 0 Å². The molecule has 0 atom stereocenters. The van der Waals surface area contributed by atoms with Gasteiger partial charge in [0, 0.05) is 26.4 Å². The van der Waals surface area contributed by atoms with E-state index in [4.69, 9.17) is 10.2 Å². The third-order valence-corrected chi connectivity index (χ3v) is 1.57. The van der Waals surface area contributed by atoms with Crippen LogP contribution in [0, 0.1) is 5.41 Å². The predicted octanol–water partition coefficient (Wildman–Crippen LogP) is 1.21. The Kier molecular flexibility index (Phi) is 6.92. The average molecular weight is 210 g/mol. The van der Waals surface area contributed by atoms with E-state index in [2.05, 4.69) is 15.8 Å². The summed E-state index contributed by atoms with van der Waals surface area (Å²) in [5.74, 6) is 0.682. The fourth-order valence-corrected chi connectivity index (χ4v) is 0.996. The van der Waals surface area contributed by atoms with Crippen LogP contribution in [0.25, 0.3) is 0 Å². The van der Waals surface area contributed by atoms with E-state index in [0.717, 1.165) is 11.9 Å². The molecular formula is C10H18N4O. The van der Waals surface area contributed by atoms with Crippen LogP contribution in [0.1, 0.15) is 13.8 Å². The molecule has 0 aromatic rings. The van der Waals surface area contributed by atoms with Gasteiger partial charge < -0.3 is 10.2 Å². The van der Waals surface area contributed by atoms with Crippen molar-refractivity contribution in [1.29, 1.82) is 5.41 Å². The minimum absolute atomic E-state index is 0.682. The first-order valence-electron chi connectivity index (χ1n) is 4.58. The Hall–Kier alpha value is -1.62. The second-order valence-corrected chi connectivity index (χ2v) is 2.82. The maximum absolute atomic E-state index is 6.96. The Morgan fingerprint density at radius 2 is 2.00 bits per heavy atom. The van der Waals surface area contributed by atoms with E-state index >= 15 is 0 Å². The van der Waals surface area contributed by atoms with Crippen LogP contribution < -0.4 is 10.8 Å². The van der Waals surface area contributed by atoms with Gasteiger partial charge in [-0.15, -0.1) is 0 Å². The molecule has 0 fully saturated rings. The Morgan fingerprint density at radius 1 is 1.33 bits per heavy atom. The molecule has 5 nitrogen and oxygen atoms in total. The Balaban J connectivity index is 4.84. The minimum atomic E-state index is 0.682. The molecule has 84 valence electrons. The van der Waals surface area contributed by atoms with Gasteiger partial charge >= 0.3 is 0 Å². The molecular weight excluding hydrogens is 192 g/mol. The summed E-state index contributed by atoms with van der Waals surface area (Å²) >= 11 is 0.